The van der Waals surface area contributed by atoms with Crippen LogP contribution in [0.25, 0.3) is 143 Å². The van der Waals surface area contributed by atoms with Gasteiger partial charge in [0, 0.05) is 55.5 Å². The summed E-state index contributed by atoms with van der Waals surface area (Å²) in [5.74, 6) is 0. The van der Waals surface area contributed by atoms with Gasteiger partial charge in [-0.05, 0) is 336 Å². The van der Waals surface area contributed by atoms with Crippen molar-refractivity contribution in [3.05, 3.63) is 406 Å². The van der Waals surface area contributed by atoms with Gasteiger partial charge in [0.05, 0.1) is 11.4 Å². The van der Waals surface area contributed by atoms with Gasteiger partial charge in [-0.1, -0.05) is 292 Å². The number of fused-ring (bicyclic) bond motifs is 18. The Labute approximate surface area is 700 Å². The normalized spacial score (nSPS) is 14.4. The lowest BCUT2D eigenvalue weighted by atomic mass is 9.81. The van der Waals surface area contributed by atoms with Gasteiger partial charge in [0.15, 0.2) is 0 Å². The Balaban J connectivity index is 0.689. The molecular formula is C117H94N2. The molecule has 0 saturated carbocycles. The summed E-state index contributed by atoms with van der Waals surface area (Å²) in [6, 6.07) is 128. The molecule has 0 heterocycles. The Kier molecular flexibility index (Phi) is 15.9. The highest BCUT2D eigenvalue weighted by Crippen LogP contribution is 2.60. The molecule has 0 fully saturated rings. The van der Waals surface area contributed by atoms with Gasteiger partial charge < -0.3 is 9.80 Å². The van der Waals surface area contributed by atoms with Crippen molar-refractivity contribution < 1.29 is 0 Å². The number of aryl methyl sites for hydroxylation is 5. The van der Waals surface area contributed by atoms with Gasteiger partial charge >= 0.3 is 0 Å². The summed E-state index contributed by atoms with van der Waals surface area (Å²) in [4.78, 5) is 5.22. The van der Waals surface area contributed by atoms with Crippen LogP contribution in [0.4, 0.5) is 34.1 Å². The lowest BCUT2D eigenvalue weighted by Crippen LogP contribution is -2.19. The second-order valence-electron chi connectivity index (χ2n) is 36.5. The molecule has 0 spiro atoms. The Morgan fingerprint density at radius 3 is 0.992 bits per heavy atom. The van der Waals surface area contributed by atoms with Gasteiger partial charge in [-0.25, -0.2) is 0 Å². The predicted octanol–water partition coefficient (Wildman–Crippen LogP) is 32.3. The fraction of sp³-hybridized carbons (Fsp3) is 0.145. The maximum Gasteiger partial charge on any atom is 0.0569 e. The lowest BCUT2D eigenvalue weighted by molar-refractivity contribution is 0.659. The van der Waals surface area contributed by atoms with Gasteiger partial charge in [-0.15, -0.1) is 0 Å². The molecule has 18 aromatic carbocycles. The van der Waals surface area contributed by atoms with E-state index >= 15 is 0 Å². The highest BCUT2D eigenvalue weighted by molar-refractivity contribution is 6.17. The monoisotopic (exact) mass is 1530 g/mol. The van der Waals surface area contributed by atoms with Crippen molar-refractivity contribution in [2.24, 2.45) is 0 Å². The van der Waals surface area contributed by atoms with E-state index in [1.807, 2.05) is 0 Å². The van der Waals surface area contributed by atoms with E-state index in [4.69, 9.17) is 0 Å². The summed E-state index contributed by atoms with van der Waals surface area (Å²) < 4.78 is 0. The van der Waals surface area contributed by atoms with Crippen molar-refractivity contribution in [1.29, 1.82) is 0 Å². The summed E-state index contributed by atoms with van der Waals surface area (Å²) in [7, 11) is 0. The molecule has 18 aromatic rings. The second-order valence-corrected chi connectivity index (χ2v) is 36.5. The molecule has 2 heteroatoms. The molecule has 22 rings (SSSR count). The van der Waals surface area contributed by atoms with Crippen molar-refractivity contribution in [3.8, 4) is 100 Å². The first-order valence-corrected chi connectivity index (χ1v) is 42.5. The minimum atomic E-state index is -0.330. The predicted molar refractivity (Wildman–Crippen MR) is 507 cm³/mol. The third-order valence-corrected chi connectivity index (χ3v) is 28.2. The molecule has 0 N–H and O–H groups in total. The van der Waals surface area contributed by atoms with Crippen molar-refractivity contribution in [3.63, 3.8) is 0 Å². The number of hydrogen-bond acceptors (Lipinski definition) is 2. The molecule has 2 nitrogen and oxygen atoms in total. The minimum Gasteiger partial charge on any atom is -0.310 e. The Morgan fingerprint density at radius 2 is 0.513 bits per heavy atom. The zero-order valence-electron chi connectivity index (χ0n) is 70.1. The molecule has 0 aliphatic heterocycles. The molecule has 0 amide bonds. The van der Waals surface area contributed by atoms with Gasteiger partial charge in [-0.3, -0.25) is 0 Å². The summed E-state index contributed by atoms with van der Waals surface area (Å²) in [5, 5.41) is 9.94. The lowest BCUT2D eigenvalue weighted by Gasteiger charge is -2.33. The van der Waals surface area contributed by atoms with E-state index in [1.165, 1.54) is 227 Å². The summed E-state index contributed by atoms with van der Waals surface area (Å²) in [5.41, 5.74) is 45.5. The first-order valence-electron chi connectivity index (χ1n) is 42.5. The van der Waals surface area contributed by atoms with E-state index < -0.39 is 0 Å². The van der Waals surface area contributed by atoms with Gasteiger partial charge in [0.1, 0.15) is 0 Å². The molecule has 4 aliphatic rings. The summed E-state index contributed by atoms with van der Waals surface area (Å²) in [6.07, 6.45) is 0. The molecule has 0 bridgehead atoms. The van der Waals surface area contributed by atoms with Crippen LogP contribution >= 0.6 is 0 Å². The first kappa shape index (κ1) is 72.1. The smallest absolute Gasteiger partial charge is 0.0569 e. The fourth-order valence-electron chi connectivity index (χ4n) is 22.2. The maximum atomic E-state index is 2.62. The van der Waals surface area contributed by atoms with Crippen molar-refractivity contribution in [2.45, 2.75) is 112 Å². The minimum absolute atomic E-state index is 0.197. The summed E-state index contributed by atoms with van der Waals surface area (Å²) >= 11 is 0. The van der Waals surface area contributed by atoms with Crippen LogP contribution in [0.5, 0.6) is 0 Å². The van der Waals surface area contributed by atoms with Crippen molar-refractivity contribution in [1.82, 2.24) is 0 Å². The van der Waals surface area contributed by atoms with Gasteiger partial charge in [0.2, 0.25) is 0 Å². The molecular weight excluding hydrogens is 1430 g/mol. The average Bonchev–Trinajstić information content (AvgIpc) is 1.63. The highest BCUT2D eigenvalue weighted by atomic mass is 15.2. The first-order chi connectivity index (χ1) is 57.6. The molecule has 0 atom stereocenters. The zero-order valence-corrected chi connectivity index (χ0v) is 70.1. The summed E-state index contributed by atoms with van der Waals surface area (Å²) in [6.45, 7) is 30.9. The van der Waals surface area contributed by atoms with Crippen molar-refractivity contribution in [2.75, 3.05) is 9.80 Å². The quantitative estimate of drug-likeness (QED) is 0.119. The van der Waals surface area contributed by atoms with E-state index in [9.17, 15) is 0 Å². The number of anilines is 6. The molecule has 4 aliphatic carbocycles. The molecule has 0 unspecified atom stereocenters. The Hall–Kier alpha value is -13.4. The van der Waals surface area contributed by atoms with E-state index in [-0.39, 0.29) is 21.7 Å². The number of nitrogens with zero attached hydrogens (tertiary/aromatic N) is 2. The second kappa shape index (κ2) is 26.3. The van der Waals surface area contributed by atoms with E-state index in [2.05, 4.69) is 433 Å². The molecule has 572 valence electrons. The Bertz CT molecular complexity index is 7300. The van der Waals surface area contributed by atoms with Crippen molar-refractivity contribution >= 4 is 77.2 Å². The third-order valence-electron chi connectivity index (χ3n) is 28.2. The third kappa shape index (κ3) is 10.8. The number of benzene rings is 18. The number of hydrogen-bond donors (Lipinski definition) is 0. The van der Waals surface area contributed by atoms with Crippen LogP contribution in [0.3, 0.4) is 0 Å². The molecule has 119 heavy (non-hydrogen) atoms. The zero-order chi connectivity index (χ0) is 81.0. The largest absolute Gasteiger partial charge is 0.310 e. The highest BCUT2D eigenvalue weighted by Gasteiger charge is 2.42. The van der Waals surface area contributed by atoms with Crippen LogP contribution in [0.2, 0.25) is 0 Å². The van der Waals surface area contributed by atoms with Crippen LogP contribution in [0.15, 0.2) is 334 Å². The average molecular weight is 1530 g/mol. The Morgan fingerprint density at radius 1 is 0.176 bits per heavy atom. The maximum absolute atomic E-state index is 2.62. The van der Waals surface area contributed by atoms with E-state index in [0.717, 1.165) is 22.7 Å². The van der Waals surface area contributed by atoms with Crippen LogP contribution < -0.4 is 9.80 Å². The molecule has 0 radical (unpaired) electrons. The van der Waals surface area contributed by atoms with Crippen LogP contribution in [0, 0.1) is 34.6 Å². The van der Waals surface area contributed by atoms with E-state index in [1.54, 1.807) is 0 Å². The van der Waals surface area contributed by atoms with E-state index in [0.29, 0.717) is 0 Å². The van der Waals surface area contributed by atoms with Crippen LogP contribution in [0.1, 0.15) is 128 Å². The van der Waals surface area contributed by atoms with Crippen LogP contribution in [-0.4, -0.2) is 0 Å². The molecule has 0 aromatic heterocycles. The SMILES string of the molecule is Cc1ccccc1-c1cc(-c2cc3ccccc3c3cc(-c4ccc5c(c4)-c4ccc(N(c6ccc7c(c6)C(C)(C)c6ccccc6-7)c6c(C)cc(-c7cc8ccccc8c8ccccc78)cc6-c6c(C)cccc6C)cc4C5(C)C)ccc23)cc(C)c1N(c1ccc2c(c1)C(C)(C)c1ccccc1-2)c1ccc2c(c1)C(C)(C)c1ccccc1-2. The van der Waals surface area contributed by atoms with Crippen LogP contribution in [-0.2, 0) is 21.7 Å². The fourth-order valence-corrected chi connectivity index (χ4v) is 22.2. The van der Waals surface area contributed by atoms with Gasteiger partial charge in [-0.2, -0.15) is 0 Å². The molecule has 0 saturated heterocycles. The number of rotatable bonds is 11. The van der Waals surface area contributed by atoms with Gasteiger partial charge in [0.25, 0.3) is 0 Å². The topological polar surface area (TPSA) is 6.48 Å². The standard InChI is InChI=1S/C117H94N2/c1-69-29-14-17-34-84(69)101-63-78(57-72(4)112(101)118(80-47-52-93-90-39-22-25-42-103(90)114(6,7)107(93)65-80)81-48-53-94-91-40-23-26-43-104(91)115(8,9)108(94)66-81)98-62-77-33-16-19-36-86(77)99-59-74(45-51-89(98)99)75-46-56-106-100(60-75)96-55-50-83(68-110(96)117(106,12)13)119(82-49-54-95-92-41-24-27-44-105(92)116(10,11)109(95)67-82)113-73(5)58-79(64-102(113)111-70(2)30-28-31-71(111)3)97-61-76-32-15-18-35-85(76)87-37-20-21-38-88(87)97/h14-68H,1-13H3.